The maximum Gasteiger partial charge on any atom is 0.238 e. The van der Waals surface area contributed by atoms with E-state index >= 15 is 0 Å². The number of hydrogen-bond acceptors (Lipinski definition) is 4. The van der Waals surface area contributed by atoms with Gasteiger partial charge >= 0.3 is 0 Å². The topological polar surface area (TPSA) is 62.4 Å². The van der Waals surface area contributed by atoms with E-state index < -0.39 is 0 Å². The van der Waals surface area contributed by atoms with Crippen molar-refractivity contribution in [2.75, 3.05) is 26.2 Å². The predicted molar refractivity (Wildman–Crippen MR) is 61.2 cm³/mol. The molecular weight excluding hydrogens is 206 g/mol. The first-order valence-corrected chi connectivity index (χ1v) is 5.99. The number of ether oxygens (including phenoxy) is 1. The molecule has 2 aliphatic rings. The van der Waals surface area contributed by atoms with E-state index in [1.807, 2.05) is 6.92 Å². The maximum atomic E-state index is 12.0. The second-order valence-electron chi connectivity index (χ2n) is 4.88. The zero-order valence-electron chi connectivity index (χ0n) is 10.0. The lowest BCUT2D eigenvalue weighted by Crippen LogP contribution is -2.61. The fourth-order valence-electron chi connectivity index (χ4n) is 2.21. The second kappa shape index (κ2) is 4.69. The molecule has 0 aromatic carbocycles. The van der Waals surface area contributed by atoms with Gasteiger partial charge in [-0.2, -0.15) is 0 Å². The number of carbonyl (C=O) groups excluding carboxylic acids is 1. The highest BCUT2D eigenvalue weighted by atomic mass is 16.5. The molecular formula is C11H21N3O2. The monoisotopic (exact) mass is 227 g/mol. The Morgan fingerprint density at radius 3 is 2.88 bits per heavy atom. The smallest absolute Gasteiger partial charge is 0.238 e. The average Bonchev–Trinajstić information content (AvgIpc) is 2.60. The van der Waals surface area contributed by atoms with Crippen molar-refractivity contribution in [1.29, 1.82) is 0 Å². The van der Waals surface area contributed by atoms with Crippen LogP contribution < -0.4 is 16.0 Å². The molecule has 0 aromatic rings. The van der Waals surface area contributed by atoms with E-state index in [0.717, 1.165) is 26.1 Å². The van der Waals surface area contributed by atoms with E-state index in [4.69, 9.17) is 4.74 Å². The summed E-state index contributed by atoms with van der Waals surface area (Å²) < 4.78 is 5.51. The van der Waals surface area contributed by atoms with Gasteiger partial charge in [0.25, 0.3) is 0 Å². The Labute approximate surface area is 96.3 Å². The van der Waals surface area contributed by atoms with Gasteiger partial charge in [-0.05, 0) is 20.3 Å². The van der Waals surface area contributed by atoms with E-state index in [9.17, 15) is 4.79 Å². The fraction of sp³-hybridized carbons (Fsp3) is 0.909. The van der Waals surface area contributed by atoms with Gasteiger partial charge in [0, 0.05) is 26.2 Å². The molecule has 0 bridgehead atoms. The molecule has 2 aliphatic heterocycles. The van der Waals surface area contributed by atoms with Crippen LogP contribution in [-0.4, -0.2) is 49.8 Å². The van der Waals surface area contributed by atoms with Crippen LogP contribution in [0.5, 0.6) is 0 Å². The zero-order valence-corrected chi connectivity index (χ0v) is 10.0. The van der Waals surface area contributed by atoms with Gasteiger partial charge in [-0.3, -0.25) is 4.79 Å². The lowest BCUT2D eigenvalue weighted by atomic mass is 9.94. The number of hydrogen-bond donors (Lipinski definition) is 3. The highest BCUT2D eigenvalue weighted by Crippen LogP contribution is 2.25. The highest BCUT2D eigenvalue weighted by molar-refractivity contribution is 5.83. The van der Waals surface area contributed by atoms with Crippen LogP contribution >= 0.6 is 0 Å². The molecule has 2 rings (SSSR count). The molecule has 0 aliphatic carbocycles. The fourth-order valence-corrected chi connectivity index (χ4v) is 2.21. The average molecular weight is 227 g/mol. The molecule has 0 aromatic heterocycles. The van der Waals surface area contributed by atoms with Crippen LogP contribution in [0.25, 0.3) is 0 Å². The van der Waals surface area contributed by atoms with E-state index in [1.54, 1.807) is 0 Å². The van der Waals surface area contributed by atoms with Gasteiger partial charge in [0.1, 0.15) is 0 Å². The standard InChI is InChI=1S/C11H21N3O2/c1-8-11(2,3-6-16-8)14-10(15)9-7-12-4-5-13-9/h8-9,12-13H,3-7H2,1-2H3,(H,14,15). The largest absolute Gasteiger partial charge is 0.376 e. The molecule has 3 unspecified atom stereocenters. The van der Waals surface area contributed by atoms with Crippen LogP contribution in [-0.2, 0) is 9.53 Å². The molecule has 2 fully saturated rings. The molecule has 0 saturated carbocycles. The normalized spacial score (nSPS) is 39.6. The van der Waals surface area contributed by atoms with Crippen molar-refractivity contribution in [2.24, 2.45) is 0 Å². The lowest BCUT2D eigenvalue weighted by Gasteiger charge is -2.32. The van der Waals surface area contributed by atoms with Crippen LogP contribution in [0.2, 0.25) is 0 Å². The molecule has 3 N–H and O–H groups in total. The van der Waals surface area contributed by atoms with Gasteiger partial charge in [-0.25, -0.2) is 0 Å². The summed E-state index contributed by atoms with van der Waals surface area (Å²) in [6, 6.07) is -0.113. The van der Waals surface area contributed by atoms with Crippen LogP contribution in [0, 0.1) is 0 Å². The van der Waals surface area contributed by atoms with Gasteiger partial charge < -0.3 is 20.7 Å². The van der Waals surface area contributed by atoms with Gasteiger partial charge in [0.05, 0.1) is 17.7 Å². The summed E-state index contributed by atoms with van der Waals surface area (Å²) in [5, 5.41) is 9.53. The third-order valence-corrected chi connectivity index (χ3v) is 3.65. The first kappa shape index (κ1) is 11.8. The molecule has 0 radical (unpaired) electrons. The summed E-state index contributed by atoms with van der Waals surface area (Å²) in [4.78, 5) is 12.0. The molecule has 2 heterocycles. The summed E-state index contributed by atoms with van der Waals surface area (Å²) in [6.45, 7) is 7.28. The first-order chi connectivity index (χ1) is 7.62. The Balaban J connectivity index is 1.90. The van der Waals surface area contributed by atoms with Gasteiger partial charge in [-0.15, -0.1) is 0 Å². The predicted octanol–water partition coefficient (Wildman–Crippen LogP) is -0.768. The van der Waals surface area contributed by atoms with Gasteiger partial charge in [0.15, 0.2) is 0 Å². The Morgan fingerprint density at radius 2 is 2.31 bits per heavy atom. The first-order valence-electron chi connectivity index (χ1n) is 5.99. The van der Waals surface area contributed by atoms with Crippen molar-refractivity contribution < 1.29 is 9.53 Å². The highest BCUT2D eigenvalue weighted by Gasteiger charge is 2.39. The number of rotatable bonds is 2. The maximum absolute atomic E-state index is 12.0. The van der Waals surface area contributed by atoms with Gasteiger partial charge in [0.2, 0.25) is 5.91 Å². The van der Waals surface area contributed by atoms with Crippen LogP contribution in [0.15, 0.2) is 0 Å². The Morgan fingerprint density at radius 1 is 1.50 bits per heavy atom. The number of nitrogens with one attached hydrogen (secondary N) is 3. The quantitative estimate of drug-likeness (QED) is 0.580. The number of amides is 1. The molecule has 2 saturated heterocycles. The van der Waals surface area contributed by atoms with Crippen LogP contribution in [0.4, 0.5) is 0 Å². The lowest BCUT2D eigenvalue weighted by molar-refractivity contribution is -0.125. The molecule has 5 nitrogen and oxygen atoms in total. The zero-order chi connectivity index (χ0) is 11.6. The molecule has 1 amide bonds. The van der Waals surface area contributed by atoms with Crippen molar-refractivity contribution in [2.45, 2.75) is 38.0 Å². The minimum Gasteiger partial charge on any atom is -0.376 e. The van der Waals surface area contributed by atoms with Crippen LogP contribution in [0.3, 0.4) is 0 Å². The van der Waals surface area contributed by atoms with Crippen LogP contribution in [0.1, 0.15) is 20.3 Å². The number of carbonyl (C=O) groups is 1. The van der Waals surface area contributed by atoms with E-state index in [2.05, 4.69) is 22.9 Å². The third kappa shape index (κ3) is 2.36. The summed E-state index contributed by atoms with van der Waals surface area (Å²) >= 11 is 0. The second-order valence-corrected chi connectivity index (χ2v) is 4.88. The van der Waals surface area contributed by atoms with Gasteiger partial charge in [-0.1, -0.05) is 0 Å². The minimum absolute atomic E-state index is 0.0760. The minimum atomic E-state index is -0.212. The molecule has 5 heteroatoms. The van der Waals surface area contributed by atoms with E-state index in [-0.39, 0.29) is 23.6 Å². The van der Waals surface area contributed by atoms with E-state index in [1.165, 1.54) is 0 Å². The Hall–Kier alpha value is -0.650. The molecule has 16 heavy (non-hydrogen) atoms. The summed E-state index contributed by atoms with van der Waals surface area (Å²) in [5.41, 5.74) is -0.212. The van der Waals surface area contributed by atoms with E-state index in [0.29, 0.717) is 6.54 Å². The van der Waals surface area contributed by atoms with Crippen molar-refractivity contribution >= 4 is 5.91 Å². The number of piperazine rings is 1. The molecule has 0 spiro atoms. The third-order valence-electron chi connectivity index (χ3n) is 3.65. The summed E-state index contributed by atoms with van der Waals surface area (Å²) in [6.07, 6.45) is 0.980. The molecule has 3 atom stereocenters. The Bertz CT molecular complexity index is 266. The van der Waals surface area contributed by atoms with Crippen molar-refractivity contribution in [1.82, 2.24) is 16.0 Å². The SMILES string of the molecule is CC1OCCC1(C)NC(=O)C1CNCCN1. The van der Waals surface area contributed by atoms with Crippen molar-refractivity contribution in [3.05, 3.63) is 0 Å². The van der Waals surface area contributed by atoms with Crippen molar-refractivity contribution in [3.63, 3.8) is 0 Å². The van der Waals surface area contributed by atoms with Crippen molar-refractivity contribution in [3.8, 4) is 0 Å². The summed E-state index contributed by atoms with van der Waals surface area (Å²) in [7, 11) is 0. The Kier molecular flexibility index (Phi) is 3.47. The molecule has 92 valence electrons. The summed E-state index contributed by atoms with van der Waals surface area (Å²) in [5.74, 6) is 0.0760.